The van der Waals surface area contributed by atoms with E-state index in [1.807, 2.05) is 0 Å². The van der Waals surface area contributed by atoms with Crippen LogP contribution in [0.3, 0.4) is 0 Å². The molecule has 0 saturated carbocycles. The molecule has 0 aromatic carbocycles. The number of thioether (sulfide) groups is 1. The Morgan fingerprint density at radius 3 is 2.77 bits per heavy atom. The number of allylic oxidation sites excluding steroid dienone is 5. The summed E-state index contributed by atoms with van der Waals surface area (Å²) in [6, 6.07) is 0. The van der Waals surface area contributed by atoms with Gasteiger partial charge in [0.05, 0.1) is 6.54 Å². The van der Waals surface area contributed by atoms with E-state index in [9.17, 15) is 0 Å². The van der Waals surface area contributed by atoms with Crippen molar-refractivity contribution < 1.29 is 0 Å². The van der Waals surface area contributed by atoms with Gasteiger partial charge in [-0.3, -0.25) is 4.99 Å². The maximum atomic E-state index is 5.04. The lowest BCUT2D eigenvalue weighted by Gasteiger charge is -2.30. The summed E-state index contributed by atoms with van der Waals surface area (Å²) in [6.07, 6.45) is 17.8. The second kappa shape index (κ2) is 13.0. The highest BCUT2D eigenvalue weighted by molar-refractivity contribution is 8.06. The zero-order chi connectivity index (χ0) is 21.9. The molecule has 0 N–H and O–H groups in total. The molecule has 1 saturated heterocycles. The lowest BCUT2D eigenvalue weighted by molar-refractivity contribution is 0.451. The van der Waals surface area contributed by atoms with Crippen molar-refractivity contribution in [3.8, 4) is 0 Å². The first kappa shape index (κ1) is 24.8. The van der Waals surface area contributed by atoms with E-state index in [1.54, 1.807) is 11.8 Å². The van der Waals surface area contributed by atoms with Crippen molar-refractivity contribution >= 4 is 17.6 Å². The Hall–Kier alpha value is -1.48. The highest BCUT2D eigenvalue weighted by Crippen LogP contribution is 2.39. The maximum absolute atomic E-state index is 5.04. The Bertz CT molecular complexity index is 721. The lowest BCUT2D eigenvalue weighted by Crippen LogP contribution is -2.32. The molecule has 0 radical (unpaired) electrons. The third-order valence-electron chi connectivity index (χ3n) is 5.73. The quantitative estimate of drug-likeness (QED) is 0.230. The highest BCUT2D eigenvalue weighted by atomic mass is 32.2. The van der Waals surface area contributed by atoms with Gasteiger partial charge in [0, 0.05) is 17.1 Å². The first-order valence-corrected chi connectivity index (χ1v) is 12.8. The van der Waals surface area contributed by atoms with E-state index >= 15 is 0 Å². The molecule has 0 spiro atoms. The molecule has 2 aliphatic heterocycles. The fraction of sp³-hybridized carbons (Fsp3) is 0.593. The van der Waals surface area contributed by atoms with Gasteiger partial charge in [-0.25, -0.2) is 0 Å². The van der Waals surface area contributed by atoms with E-state index < -0.39 is 0 Å². The average Bonchev–Trinajstić information content (AvgIpc) is 3.14. The minimum absolute atomic E-state index is 0.690. The Kier molecular flexibility index (Phi) is 10.8. The smallest absolute Gasteiger partial charge is 0.141 e. The molecule has 2 nitrogen and oxygen atoms in total. The van der Waals surface area contributed by atoms with Gasteiger partial charge >= 0.3 is 0 Å². The van der Waals surface area contributed by atoms with Crippen molar-refractivity contribution in [1.29, 1.82) is 0 Å². The van der Waals surface area contributed by atoms with Crippen LogP contribution in [0.25, 0.3) is 0 Å². The van der Waals surface area contributed by atoms with E-state index in [0.29, 0.717) is 5.92 Å². The molecular formula is C27H42N2S. The standard InChI is InChI=1S/C27H42N2S/c1-7-10-11-15-23-18-26-25(24(13-8-2)16-12-14-21(4)5)19-28-27(29(26)20-23)22(6)30-17-9-3/h9,12-13,16-17,21,23H,6-8,10-11,14-15,18-20H2,1-5H3/b16-12-,17-9-,24-13+. The van der Waals surface area contributed by atoms with Crippen LogP contribution >= 0.6 is 11.8 Å². The summed E-state index contributed by atoms with van der Waals surface area (Å²) in [5.41, 5.74) is 4.31. The van der Waals surface area contributed by atoms with Crippen LogP contribution in [-0.2, 0) is 0 Å². The summed E-state index contributed by atoms with van der Waals surface area (Å²) in [7, 11) is 0. The number of fused-ring (bicyclic) bond motifs is 1. The molecule has 1 fully saturated rings. The van der Waals surface area contributed by atoms with Gasteiger partial charge in [-0.2, -0.15) is 0 Å². The van der Waals surface area contributed by atoms with E-state index in [4.69, 9.17) is 4.99 Å². The van der Waals surface area contributed by atoms with Crippen molar-refractivity contribution in [3.63, 3.8) is 0 Å². The Morgan fingerprint density at radius 1 is 1.30 bits per heavy atom. The average molecular weight is 427 g/mol. The van der Waals surface area contributed by atoms with Gasteiger partial charge in [-0.05, 0) is 61.0 Å². The number of amidine groups is 1. The second-order valence-corrected chi connectivity index (χ2v) is 9.85. The predicted molar refractivity (Wildman–Crippen MR) is 137 cm³/mol. The van der Waals surface area contributed by atoms with Gasteiger partial charge in [-0.1, -0.05) is 89.6 Å². The van der Waals surface area contributed by atoms with Crippen molar-refractivity contribution in [2.75, 3.05) is 13.1 Å². The zero-order valence-corrected chi connectivity index (χ0v) is 20.7. The van der Waals surface area contributed by atoms with Gasteiger partial charge in [0.2, 0.25) is 0 Å². The van der Waals surface area contributed by atoms with Crippen LogP contribution in [0, 0.1) is 11.8 Å². The zero-order valence-electron chi connectivity index (χ0n) is 19.9. The van der Waals surface area contributed by atoms with Gasteiger partial charge < -0.3 is 4.90 Å². The molecular weight excluding hydrogens is 384 g/mol. The van der Waals surface area contributed by atoms with Crippen LogP contribution in [0.1, 0.15) is 79.6 Å². The monoisotopic (exact) mass is 426 g/mol. The molecule has 0 aromatic rings. The van der Waals surface area contributed by atoms with Crippen molar-refractivity contribution in [2.45, 2.75) is 79.6 Å². The molecule has 0 aromatic heterocycles. The van der Waals surface area contributed by atoms with Crippen molar-refractivity contribution in [2.24, 2.45) is 16.8 Å². The van der Waals surface area contributed by atoms with Crippen LogP contribution in [0.2, 0.25) is 0 Å². The van der Waals surface area contributed by atoms with Crippen molar-refractivity contribution in [1.82, 2.24) is 4.90 Å². The first-order chi connectivity index (χ1) is 14.5. The van der Waals surface area contributed by atoms with Crippen LogP contribution in [0.4, 0.5) is 0 Å². The van der Waals surface area contributed by atoms with E-state index in [0.717, 1.165) is 42.6 Å². The fourth-order valence-corrected chi connectivity index (χ4v) is 4.78. The third-order valence-corrected chi connectivity index (χ3v) is 6.60. The van der Waals surface area contributed by atoms with Crippen LogP contribution in [-0.4, -0.2) is 23.8 Å². The van der Waals surface area contributed by atoms with E-state index in [-0.39, 0.29) is 0 Å². The molecule has 30 heavy (non-hydrogen) atoms. The predicted octanol–water partition coefficient (Wildman–Crippen LogP) is 8.27. The third kappa shape index (κ3) is 7.04. The molecule has 0 amide bonds. The Labute approximate surface area is 190 Å². The van der Waals surface area contributed by atoms with Crippen molar-refractivity contribution in [3.05, 3.63) is 58.0 Å². The SMILES string of the molecule is C=C(S/C=C\C)C1=NCC(C(/C=C\CC(C)C)=C/CC)=C2CC(CCCCC)CN12. The summed E-state index contributed by atoms with van der Waals surface area (Å²) < 4.78 is 0. The minimum atomic E-state index is 0.690. The molecule has 0 aliphatic carbocycles. The largest absolute Gasteiger partial charge is 0.329 e. The molecule has 166 valence electrons. The molecule has 2 heterocycles. The number of aliphatic imine (C=N–C) groups is 1. The number of nitrogens with zero attached hydrogens (tertiary/aromatic N) is 2. The first-order valence-electron chi connectivity index (χ1n) is 11.9. The maximum Gasteiger partial charge on any atom is 0.141 e. The summed E-state index contributed by atoms with van der Waals surface area (Å²) in [5.74, 6) is 2.51. The van der Waals surface area contributed by atoms with E-state index in [1.165, 1.54) is 48.9 Å². The van der Waals surface area contributed by atoms with E-state index in [2.05, 4.69) is 75.8 Å². The van der Waals surface area contributed by atoms with Crippen LogP contribution in [0.5, 0.6) is 0 Å². The summed E-state index contributed by atoms with van der Waals surface area (Å²) >= 11 is 1.69. The number of rotatable bonds is 12. The normalized spacial score (nSPS) is 20.1. The van der Waals surface area contributed by atoms with Crippen LogP contribution < -0.4 is 0 Å². The number of hydrogen-bond donors (Lipinski definition) is 0. The van der Waals surface area contributed by atoms with Gasteiger partial charge in [0.15, 0.2) is 0 Å². The highest BCUT2D eigenvalue weighted by Gasteiger charge is 2.35. The van der Waals surface area contributed by atoms with Gasteiger partial charge in [0.1, 0.15) is 5.84 Å². The Balaban J connectivity index is 2.31. The second-order valence-electron chi connectivity index (χ2n) is 8.85. The summed E-state index contributed by atoms with van der Waals surface area (Å²) in [6.45, 7) is 17.3. The molecule has 0 bridgehead atoms. The molecule has 2 rings (SSSR count). The topological polar surface area (TPSA) is 15.6 Å². The lowest BCUT2D eigenvalue weighted by atomic mass is 9.95. The van der Waals surface area contributed by atoms with Gasteiger partial charge in [-0.15, -0.1) is 0 Å². The van der Waals surface area contributed by atoms with Crippen LogP contribution in [0.15, 0.2) is 63.0 Å². The molecule has 1 atom stereocenters. The Morgan fingerprint density at radius 2 is 2.10 bits per heavy atom. The summed E-state index contributed by atoms with van der Waals surface area (Å²) in [4.78, 5) is 8.60. The fourth-order valence-electron chi connectivity index (χ4n) is 4.20. The minimum Gasteiger partial charge on any atom is -0.329 e. The molecule has 3 heteroatoms. The molecule has 1 unspecified atom stereocenters. The number of unbranched alkanes of at least 4 members (excludes halogenated alkanes) is 2. The summed E-state index contributed by atoms with van der Waals surface area (Å²) in [5, 5.41) is 2.11. The number of hydrogen-bond acceptors (Lipinski definition) is 3. The van der Waals surface area contributed by atoms with Gasteiger partial charge in [0.25, 0.3) is 0 Å². The molecule has 2 aliphatic rings.